The number of nitrogens with zero attached hydrogens (tertiary/aromatic N) is 2. The average molecular weight is 593 g/mol. The summed E-state index contributed by atoms with van der Waals surface area (Å²) in [6, 6.07) is 9.36. The lowest BCUT2D eigenvalue weighted by Gasteiger charge is -2.15. The molecule has 2 aromatic carbocycles. The molecule has 1 aromatic heterocycles. The van der Waals surface area contributed by atoms with E-state index in [0.29, 0.717) is 37.1 Å². The van der Waals surface area contributed by atoms with Crippen molar-refractivity contribution in [2.45, 2.75) is 31.8 Å². The quantitative estimate of drug-likeness (QED) is 0.266. The van der Waals surface area contributed by atoms with Crippen molar-refractivity contribution in [3.63, 3.8) is 0 Å². The van der Waals surface area contributed by atoms with E-state index in [2.05, 4.69) is 21.0 Å². The van der Waals surface area contributed by atoms with Crippen molar-refractivity contribution in [2.75, 3.05) is 12.9 Å². The second-order valence-electron chi connectivity index (χ2n) is 9.63. The number of halogens is 2. The minimum atomic E-state index is -3.95. The van der Waals surface area contributed by atoms with E-state index in [0.717, 1.165) is 11.3 Å². The second kappa shape index (κ2) is 12.7. The summed E-state index contributed by atoms with van der Waals surface area (Å²) < 4.78 is 46.6. The molecule has 14 heteroatoms. The lowest BCUT2D eigenvalue weighted by molar-refractivity contribution is 0.0941. The zero-order valence-corrected chi connectivity index (χ0v) is 23.5. The highest BCUT2D eigenvalue weighted by Gasteiger charge is 2.30. The van der Waals surface area contributed by atoms with Crippen molar-refractivity contribution >= 4 is 33.6 Å². The van der Waals surface area contributed by atoms with Gasteiger partial charge in [0.1, 0.15) is 5.75 Å². The van der Waals surface area contributed by atoms with Crippen LogP contribution >= 0.6 is 11.6 Å². The first-order chi connectivity index (χ1) is 19.0. The molecule has 11 nitrogen and oxygen atoms in total. The third-order valence-electron chi connectivity index (χ3n) is 6.54. The predicted octanol–water partition coefficient (Wildman–Crippen LogP) is 3.12. The molecule has 1 heterocycles. The van der Waals surface area contributed by atoms with Crippen molar-refractivity contribution in [3.8, 4) is 17.0 Å². The Balaban J connectivity index is 1.25. The summed E-state index contributed by atoms with van der Waals surface area (Å²) in [4.78, 5) is 31.1. The molecule has 3 aromatic rings. The number of hydrazine groups is 1. The molecule has 0 bridgehead atoms. The maximum atomic E-state index is 14.6. The molecular formula is C26H30ClFN6O5S. The Labute approximate surface area is 236 Å². The van der Waals surface area contributed by atoms with E-state index in [1.807, 2.05) is 17.0 Å². The van der Waals surface area contributed by atoms with E-state index in [1.165, 1.54) is 12.1 Å². The molecule has 0 spiro atoms. The Morgan fingerprint density at radius 2 is 1.95 bits per heavy atom. The number of hydrogen-bond acceptors (Lipinski definition) is 6. The number of amides is 3. The molecule has 4 rings (SSSR count). The average Bonchev–Trinajstić information content (AvgIpc) is 3.56. The molecule has 4 N–H and O–H groups in total. The van der Waals surface area contributed by atoms with Crippen LogP contribution in [0.1, 0.15) is 35.2 Å². The number of methoxy groups -OCH3 is 1. The first-order valence-corrected chi connectivity index (χ1v) is 14.5. The van der Waals surface area contributed by atoms with Crippen molar-refractivity contribution in [3.05, 3.63) is 70.9 Å². The molecule has 0 aliphatic heterocycles. The summed E-state index contributed by atoms with van der Waals surface area (Å²) in [5.41, 5.74) is 3.41. The van der Waals surface area contributed by atoms with Crippen molar-refractivity contribution in [1.29, 1.82) is 0 Å². The molecule has 40 heavy (non-hydrogen) atoms. The zero-order valence-electron chi connectivity index (χ0n) is 21.9. The smallest absolute Gasteiger partial charge is 0.315 e. The largest absolute Gasteiger partial charge is 0.497 e. The number of imidazole rings is 1. The van der Waals surface area contributed by atoms with Crippen LogP contribution in [0.4, 0.5) is 9.18 Å². The number of ether oxygens (including phenoxy) is 1. The molecule has 3 amide bonds. The number of rotatable bonds is 10. The van der Waals surface area contributed by atoms with Gasteiger partial charge in [-0.3, -0.25) is 10.2 Å². The standard InChI is InChI=1S/C26H30ClFN6O5S/c1-34-13-23(30-15-34)18-10-21(24(28)22(27)11-18)25(35)32-33-40(37,38)14-17-3-6-19(9-17)31-26(36)29-12-16-4-7-20(39-2)8-5-16/h4-5,7-8,10-11,13,15,17,19,33H,3,6,9,12,14H2,1-2H3,(H,32,35)(H2,29,31,36). The SMILES string of the molecule is COc1ccc(CNC(=O)NC2CCC(CS(=O)(=O)NNC(=O)c3cc(-c4cn(C)cn4)cc(Cl)c3F)C2)cc1. The lowest BCUT2D eigenvalue weighted by atomic mass is 10.1. The minimum absolute atomic E-state index is 0.184. The Morgan fingerprint density at radius 1 is 1.20 bits per heavy atom. The Bertz CT molecular complexity index is 1480. The van der Waals surface area contributed by atoms with Gasteiger partial charge in [0.2, 0.25) is 10.0 Å². The summed E-state index contributed by atoms with van der Waals surface area (Å²) >= 11 is 5.97. The van der Waals surface area contributed by atoms with Gasteiger partial charge in [0.05, 0.1) is 35.5 Å². The highest BCUT2D eigenvalue weighted by atomic mass is 35.5. The summed E-state index contributed by atoms with van der Waals surface area (Å²) in [5.74, 6) is -1.76. The molecule has 0 saturated heterocycles. The molecule has 1 aliphatic carbocycles. The van der Waals surface area contributed by atoms with Gasteiger partial charge in [-0.1, -0.05) is 23.7 Å². The first-order valence-electron chi connectivity index (χ1n) is 12.5. The van der Waals surface area contributed by atoms with Crippen LogP contribution in [0.3, 0.4) is 0 Å². The van der Waals surface area contributed by atoms with E-state index in [4.69, 9.17) is 16.3 Å². The highest BCUT2D eigenvalue weighted by molar-refractivity contribution is 7.89. The Kier molecular flexibility index (Phi) is 9.28. The first kappa shape index (κ1) is 29.3. The summed E-state index contributed by atoms with van der Waals surface area (Å²) in [5, 5.41) is 5.36. The summed E-state index contributed by atoms with van der Waals surface area (Å²) in [6.07, 6.45) is 4.86. The van der Waals surface area contributed by atoms with Crippen LogP contribution in [0.15, 0.2) is 48.9 Å². The molecule has 0 radical (unpaired) electrons. The third-order valence-corrected chi connectivity index (χ3v) is 8.14. The topological polar surface area (TPSA) is 143 Å². The van der Waals surface area contributed by atoms with E-state index in [1.54, 1.807) is 43.4 Å². The normalized spacial score (nSPS) is 16.9. The number of sulfonamides is 1. The van der Waals surface area contributed by atoms with Gasteiger partial charge in [-0.15, -0.1) is 4.83 Å². The number of benzene rings is 2. The molecular weight excluding hydrogens is 563 g/mol. The number of aromatic nitrogens is 2. The van der Waals surface area contributed by atoms with Crippen molar-refractivity contribution in [1.82, 2.24) is 30.4 Å². The van der Waals surface area contributed by atoms with Gasteiger partial charge < -0.3 is 19.9 Å². The molecule has 214 valence electrons. The molecule has 2 atom stereocenters. The maximum absolute atomic E-state index is 14.6. The number of nitrogens with one attached hydrogen (secondary N) is 4. The zero-order chi connectivity index (χ0) is 28.9. The van der Waals surface area contributed by atoms with E-state index >= 15 is 0 Å². The summed E-state index contributed by atoms with van der Waals surface area (Å²) in [6.45, 7) is 0.334. The van der Waals surface area contributed by atoms with E-state index in [9.17, 15) is 22.4 Å². The third kappa shape index (κ3) is 7.71. The van der Waals surface area contributed by atoms with Crippen LogP contribution in [0, 0.1) is 11.7 Å². The van der Waals surface area contributed by atoms with Crippen LogP contribution < -0.4 is 25.6 Å². The van der Waals surface area contributed by atoms with Gasteiger partial charge in [-0.25, -0.2) is 22.6 Å². The van der Waals surface area contributed by atoms with Gasteiger partial charge in [-0.05, 0) is 55.0 Å². The van der Waals surface area contributed by atoms with Gasteiger partial charge in [-0.2, -0.15) is 0 Å². The monoisotopic (exact) mass is 592 g/mol. The fourth-order valence-electron chi connectivity index (χ4n) is 4.53. The van der Waals surface area contributed by atoms with Crippen molar-refractivity contribution < 1.29 is 27.1 Å². The Hall–Kier alpha value is -3.68. The number of carbonyl (C=O) groups is 2. The number of carbonyl (C=O) groups excluding carboxylic acids is 2. The van der Waals surface area contributed by atoms with E-state index < -0.39 is 27.3 Å². The highest BCUT2D eigenvalue weighted by Crippen LogP contribution is 2.28. The van der Waals surface area contributed by atoms with Crippen LogP contribution in [0.5, 0.6) is 5.75 Å². The summed E-state index contributed by atoms with van der Waals surface area (Å²) in [7, 11) is -0.612. The maximum Gasteiger partial charge on any atom is 0.315 e. The van der Waals surface area contributed by atoms with Crippen LogP contribution in [-0.2, 0) is 23.6 Å². The number of hydrogen-bond donors (Lipinski definition) is 4. The van der Waals surface area contributed by atoms with Crippen LogP contribution in [0.25, 0.3) is 11.3 Å². The lowest BCUT2D eigenvalue weighted by Crippen LogP contribution is -2.44. The fourth-order valence-corrected chi connectivity index (χ4v) is 6.00. The molecule has 1 saturated carbocycles. The molecule has 1 fully saturated rings. The van der Waals surface area contributed by atoms with Gasteiger partial charge in [0.15, 0.2) is 5.82 Å². The van der Waals surface area contributed by atoms with Gasteiger partial charge >= 0.3 is 6.03 Å². The fraction of sp³-hybridized carbons (Fsp3) is 0.346. The minimum Gasteiger partial charge on any atom is -0.497 e. The molecule has 2 unspecified atom stereocenters. The Morgan fingerprint density at radius 3 is 2.62 bits per heavy atom. The number of urea groups is 1. The predicted molar refractivity (Wildman–Crippen MR) is 147 cm³/mol. The number of aryl methyl sites for hydroxylation is 1. The van der Waals surface area contributed by atoms with Crippen LogP contribution in [-0.4, -0.2) is 48.8 Å². The van der Waals surface area contributed by atoms with Gasteiger partial charge in [0.25, 0.3) is 5.91 Å². The van der Waals surface area contributed by atoms with Crippen LogP contribution in [0.2, 0.25) is 5.02 Å². The van der Waals surface area contributed by atoms with Gasteiger partial charge in [0, 0.05) is 31.4 Å². The van der Waals surface area contributed by atoms with Crippen molar-refractivity contribution in [2.24, 2.45) is 13.0 Å². The second-order valence-corrected chi connectivity index (χ2v) is 11.8. The molecule has 1 aliphatic rings. The van der Waals surface area contributed by atoms with E-state index in [-0.39, 0.29) is 28.8 Å².